The van der Waals surface area contributed by atoms with Gasteiger partial charge in [0.2, 0.25) is 0 Å². The number of unbranched alkanes of at least 4 members (excludes halogenated alkanes) is 1. The molecule has 0 saturated carbocycles. The molecule has 128 valence electrons. The third-order valence-electron chi connectivity index (χ3n) is 4.26. The van der Waals surface area contributed by atoms with Gasteiger partial charge in [-0.2, -0.15) is 5.26 Å². The zero-order valence-electron chi connectivity index (χ0n) is 14.4. The first-order valence-corrected chi connectivity index (χ1v) is 9.74. The number of fused-ring (bicyclic) bond motifs is 1. The van der Waals surface area contributed by atoms with Gasteiger partial charge in [0.25, 0.3) is 0 Å². The van der Waals surface area contributed by atoms with E-state index < -0.39 is 0 Å². The lowest BCUT2D eigenvalue weighted by molar-refractivity contribution is 0.615. The van der Waals surface area contributed by atoms with Crippen LogP contribution in [0.25, 0.3) is 10.9 Å². The van der Waals surface area contributed by atoms with Crippen molar-refractivity contribution in [3.63, 3.8) is 0 Å². The Morgan fingerprint density at radius 1 is 1.20 bits per heavy atom. The van der Waals surface area contributed by atoms with E-state index in [2.05, 4.69) is 51.8 Å². The molecule has 3 rings (SSSR count). The Labute approximate surface area is 152 Å². The summed E-state index contributed by atoms with van der Waals surface area (Å²) in [7, 11) is 0. The molecule has 0 spiro atoms. The van der Waals surface area contributed by atoms with E-state index in [1.165, 1.54) is 28.2 Å². The van der Waals surface area contributed by atoms with Gasteiger partial charge in [-0.25, -0.2) is 4.98 Å². The number of hydrogen-bond donors (Lipinski definition) is 2. The number of aryl methyl sites for hydroxylation is 1. The second kappa shape index (κ2) is 8.70. The normalized spacial score (nSPS) is 10.9. The lowest BCUT2D eigenvalue weighted by atomic mass is 10.1. The van der Waals surface area contributed by atoms with Gasteiger partial charge in [-0.05, 0) is 55.8 Å². The van der Waals surface area contributed by atoms with E-state index in [4.69, 9.17) is 5.26 Å². The molecule has 2 N–H and O–H groups in total. The highest BCUT2D eigenvalue weighted by atomic mass is 32.2. The van der Waals surface area contributed by atoms with E-state index in [9.17, 15) is 0 Å². The van der Waals surface area contributed by atoms with Crippen LogP contribution in [0.2, 0.25) is 0 Å². The number of hydrogen-bond acceptors (Lipinski definition) is 4. The molecule has 0 aliphatic carbocycles. The van der Waals surface area contributed by atoms with Crippen LogP contribution in [0, 0.1) is 11.3 Å². The number of benzene rings is 1. The van der Waals surface area contributed by atoms with Gasteiger partial charge in [0.1, 0.15) is 11.1 Å². The van der Waals surface area contributed by atoms with Crippen molar-refractivity contribution in [1.82, 2.24) is 15.3 Å². The van der Waals surface area contributed by atoms with E-state index in [0.29, 0.717) is 5.56 Å². The molecule has 3 aromatic rings. The minimum atomic E-state index is 0.648. The van der Waals surface area contributed by atoms with Crippen molar-refractivity contribution in [3.8, 4) is 6.07 Å². The minimum Gasteiger partial charge on any atom is -0.361 e. The Balaban J connectivity index is 1.41. The van der Waals surface area contributed by atoms with Crippen LogP contribution in [0.3, 0.4) is 0 Å². The highest BCUT2D eigenvalue weighted by molar-refractivity contribution is 7.98. The van der Waals surface area contributed by atoms with Gasteiger partial charge < -0.3 is 10.3 Å². The van der Waals surface area contributed by atoms with E-state index in [1.807, 2.05) is 18.4 Å². The summed E-state index contributed by atoms with van der Waals surface area (Å²) in [4.78, 5) is 7.86. The maximum atomic E-state index is 9.04. The summed E-state index contributed by atoms with van der Waals surface area (Å²) in [6.45, 7) is 1.71. The van der Waals surface area contributed by atoms with Gasteiger partial charge in [0, 0.05) is 23.6 Å². The van der Waals surface area contributed by atoms with Crippen LogP contribution in [0.5, 0.6) is 0 Å². The molecule has 0 fully saturated rings. The summed E-state index contributed by atoms with van der Waals surface area (Å²) < 4.78 is 0. The molecule has 5 heteroatoms. The number of nitrogens with zero attached hydrogens (tertiary/aromatic N) is 2. The molecule has 0 bridgehead atoms. The van der Waals surface area contributed by atoms with Crippen molar-refractivity contribution >= 4 is 22.7 Å². The number of nitrogens with one attached hydrogen (secondary N) is 2. The maximum Gasteiger partial charge on any atom is 0.114 e. The maximum absolute atomic E-state index is 9.04. The molecule has 2 heterocycles. The first-order chi connectivity index (χ1) is 12.3. The fraction of sp³-hybridized carbons (Fsp3) is 0.300. The third-order valence-corrected chi connectivity index (χ3v) is 4.96. The Bertz CT molecular complexity index is 879. The summed E-state index contributed by atoms with van der Waals surface area (Å²) in [5.41, 5.74) is 4.25. The smallest absolute Gasteiger partial charge is 0.114 e. The van der Waals surface area contributed by atoms with Crippen LogP contribution >= 0.6 is 11.8 Å². The Morgan fingerprint density at radius 2 is 2.08 bits per heavy atom. The molecule has 0 amide bonds. The van der Waals surface area contributed by atoms with Crippen LogP contribution in [0.15, 0.2) is 47.6 Å². The topological polar surface area (TPSA) is 64.5 Å². The van der Waals surface area contributed by atoms with Crippen molar-refractivity contribution in [2.45, 2.75) is 30.8 Å². The van der Waals surface area contributed by atoms with Gasteiger partial charge in [0.05, 0.1) is 11.3 Å². The van der Waals surface area contributed by atoms with Gasteiger partial charge >= 0.3 is 0 Å². The standard InChI is InChI=1S/C20H22N4S/c1-25-20-15(12-21)9-10-17(24-20)14-22-11-5-4-6-16-13-23-19-8-3-2-7-18(16)19/h2-3,7-10,13,22-23H,4-6,11,14H2,1H3. The summed E-state index contributed by atoms with van der Waals surface area (Å²) in [5, 5.41) is 14.6. The highest BCUT2D eigenvalue weighted by Gasteiger charge is 2.05. The SMILES string of the molecule is CSc1nc(CNCCCCc2c[nH]c3ccccc23)ccc1C#N. The van der Waals surface area contributed by atoms with Crippen molar-refractivity contribution in [3.05, 3.63) is 59.4 Å². The van der Waals surface area contributed by atoms with Crippen LogP contribution in [0.1, 0.15) is 29.7 Å². The monoisotopic (exact) mass is 350 g/mol. The number of H-pyrrole nitrogens is 1. The van der Waals surface area contributed by atoms with Crippen molar-refractivity contribution in [2.24, 2.45) is 0 Å². The van der Waals surface area contributed by atoms with Crippen molar-refractivity contribution in [1.29, 1.82) is 5.26 Å². The number of nitriles is 1. The molecular weight excluding hydrogens is 328 g/mol. The zero-order valence-corrected chi connectivity index (χ0v) is 15.2. The van der Waals surface area contributed by atoms with E-state index >= 15 is 0 Å². The van der Waals surface area contributed by atoms with E-state index in [0.717, 1.165) is 43.1 Å². The zero-order chi connectivity index (χ0) is 17.5. The largest absolute Gasteiger partial charge is 0.361 e. The van der Waals surface area contributed by atoms with Crippen molar-refractivity contribution < 1.29 is 0 Å². The molecule has 4 nitrogen and oxygen atoms in total. The Morgan fingerprint density at radius 3 is 2.92 bits per heavy atom. The Kier molecular flexibility index (Phi) is 6.10. The van der Waals surface area contributed by atoms with Crippen molar-refractivity contribution in [2.75, 3.05) is 12.8 Å². The van der Waals surface area contributed by atoms with E-state index in [-0.39, 0.29) is 0 Å². The lowest BCUT2D eigenvalue weighted by Crippen LogP contribution is -2.16. The number of pyridine rings is 1. The molecule has 0 radical (unpaired) electrons. The molecule has 0 saturated heterocycles. The Hall–Kier alpha value is -2.29. The fourth-order valence-corrected chi connectivity index (χ4v) is 3.48. The number of aromatic nitrogens is 2. The van der Waals surface area contributed by atoms with Crippen LogP contribution in [-0.2, 0) is 13.0 Å². The van der Waals surface area contributed by atoms with Crippen LogP contribution in [-0.4, -0.2) is 22.8 Å². The minimum absolute atomic E-state index is 0.648. The molecular formula is C20H22N4S. The highest BCUT2D eigenvalue weighted by Crippen LogP contribution is 2.19. The number of rotatable bonds is 8. The molecule has 0 unspecified atom stereocenters. The summed E-state index contributed by atoms with van der Waals surface area (Å²) in [6, 6.07) is 14.4. The molecule has 0 atom stereocenters. The van der Waals surface area contributed by atoms with Gasteiger partial charge in [-0.1, -0.05) is 18.2 Å². The molecule has 0 aliphatic heterocycles. The van der Waals surface area contributed by atoms with Crippen LogP contribution in [0.4, 0.5) is 0 Å². The van der Waals surface area contributed by atoms with E-state index in [1.54, 1.807) is 0 Å². The summed E-state index contributed by atoms with van der Waals surface area (Å²) >= 11 is 1.52. The van der Waals surface area contributed by atoms with Gasteiger partial charge in [-0.3, -0.25) is 0 Å². The second-order valence-corrected chi connectivity index (χ2v) is 6.76. The summed E-state index contributed by atoms with van der Waals surface area (Å²) in [6.07, 6.45) is 7.46. The molecule has 1 aromatic carbocycles. The average molecular weight is 350 g/mol. The lowest BCUT2D eigenvalue weighted by Gasteiger charge is -2.06. The average Bonchev–Trinajstić information content (AvgIpc) is 3.07. The third kappa shape index (κ3) is 4.41. The summed E-state index contributed by atoms with van der Waals surface area (Å²) in [5.74, 6) is 0. The van der Waals surface area contributed by atoms with Gasteiger partial charge in [0.15, 0.2) is 0 Å². The fourth-order valence-electron chi connectivity index (χ4n) is 2.94. The molecule has 2 aromatic heterocycles. The predicted octanol–water partition coefficient (Wildman–Crippen LogP) is 4.27. The molecule has 0 aliphatic rings. The molecule has 25 heavy (non-hydrogen) atoms. The predicted molar refractivity (Wildman–Crippen MR) is 104 cm³/mol. The quantitative estimate of drug-likeness (QED) is 0.470. The van der Waals surface area contributed by atoms with Crippen LogP contribution < -0.4 is 5.32 Å². The number of thioether (sulfide) groups is 1. The number of para-hydroxylation sites is 1. The number of aromatic amines is 1. The first kappa shape index (κ1) is 17.5. The second-order valence-electron chi connectivity index (χ2n) is 5.96. The van der Waals surface area contributed by atoms with Gasteiger partial charge in [-0.15, -0.1) is 11.8 Å². The first-order valence-electron chi connectivity index (χ1n) is 8.51.